The van der Waals surface area contributed by atoms with Gasteiger partial charge >= 0.3 is 0 Å². The second kappa shape index (κ2) is 6.43. The van der Waals surface area contributed by atoms with Crippen molar-refractivity contribution in [2.75, 3.05) is 0 Å². The van der Waals surface area contributed by atoms with Crippen LogP contribution in [0.2, 0.25) is 0 Å². The maximum Gasteiger partial charge on any atom is 0.0807 e. The summed E-state index contributed by atoms with van der Waals surface area (Å²) >= 11 is 6.66. The van der Waals surface area contributed by atoms with Gasteiger partial charge in [-0.2, -0.15) is 0 Å². The number of rotatable bonds is 6. The van der Waals surface area contributed by atoms with Crippen molar-refractivity contribution in [3.8, 4) is 0 Å². The molecule has 98 valence electrons. The maximum atomic E-state index is 6.66. The van der Waals surface area contributed by atoms with Crippen molar-refractivity contribution in [2.24, 2.45) is 0 Å². The molecule has 0 aliphatic heterocycles. The molecule has 0 aromatic heterocycles. The van der Waals surface area contributed by atoms with Gasteiger partial charge in [0.1, 0.15) is 0 Å². The van der Waals surface area contributed by atoms with Gasteiger partial charge in [-0.05, 0) is 48.0 Å². The SMILES string of the molecule is CCCCC1=C(CCCC)C(Cl)c2ccccc21. The molecule has 0 heterocycles. The summed E-state index contributed by atoms with van der Waals surface area (Å²) in [5, 5.41) is 0.125. The average Bonchev–Trinajstić information content (AvgIpc) is 2.67. The van der Waals surface area contributed by atoms with Gasteiger partial charge in [0.25, 0.3) is 0 Å². The van der Waals surface area contributed by atoms with E-state index in [4.69, 9.17) is 11.6 Å². The minimum Gasteiger partial charge on any atom is -0.113 e. The Bertz CT molecular complexity index is 431. The Balaban J connectivity index is 2.31. The Labute approximate surface area is 116 Å². The molecule has 0 N–H and O–H groups in total. The summed E-state index contributed by atoms with van der Waals surface area (Å²) in [5.41, 5.74) is 5.78. The average molecular weight is 263 g/mol. The summed E-state index contributed by atoms with van der Waals surface area (Å²) < 4.78 is 0. The number of benzene rings is 1. The highest BCUT2D eigenvalue weighted by Gasteiger charge is 2.28. The third-order valence-corrected chi connectivity index (χ3v) is 4.33. The van der Waals surface area contributed by atoms with E-state index in [9.17, 15) is 0 Å². The molecule has 0 bridgehead atoms. The van der Waals surface area contributed by atoms with E-state index in [1.807, 2.05) is 0 Å². The molecule has 1 heteroatoms. The van der Waals surface area contributed by atoms with Crippen LogP contribution in [-0.2, 0) is 0 Å². The largest absolute Gasteiger partial charge is 0.113 e. The number of unbranched alkanes of at least 4 members (excludes halogenated alkanes) is 2. The quantitative estimate of drug-likeness (QED) is 0.542. The van der Waals surface area contributed by atoms with Gasteiger partial charge < -0.3 is 0 Å². The van der Waals surface area contributed by atoms with E-state index >= 15 is 0 Å². The highest BCUT2D eigenvalue weighted by Crippen LogP contribution is 2.47. The van der Waals surface area contributed by atoms with Gasteiger partial charge in [-0.15, -0.1) is 11.6 Å². The lowest BCUT2D eigenvalue weighted by Crippen LogP contribution is -1.91. The van der Waals surface area contributed by atoms with Crippen molar-refractivity contribution < 1.29 is 0 Å². The van der Waals surface area contributed by atoms with Crippen LogP contribution in [0.15, 0.2) is 29.8 Å². The Morgan fingerprint density at radius 3 is 2.39 bits per heavy atom. The summed E-state index contributed by atoms with van der Waals surface area (Å²) in [5.74, 6) is 0. The predicted molar refractivity (Wildman–Crippen MR) is 81.0 cm³/mol. The summed E-state index contributed by atoms with van der Waals surface area (Å²) in [6.45, 7) is 4.50. The number of halogens is 1. The zero-order chi connectivity index (χ0) is 13.0. The molecule has 0 nitrogen and oxygen atoms in total. The molecule has 1 aromatic rings. The standard InChI is InChI=1S/C17H23Cl/c1-3-5-9-13-14-11-7-8-12-16(14)17(18)15(13)10-6-4-2/h7-8,11-12,17H,3-6,9-10H2,1-2H3. The highest BCUT2D eigenvalue weighted by atomic mass is 35.5. The first-order valence-electron chi connectivity index (χ1n) is 7.24. The Morgan fingerprint density at radius 2 is 1.67 bits per heavy atom. The van der Waals surface area contributed by atoms with Crippen molar-refractivity contribution in [1.29, 1.82) is 0 Å². The summed E-state index contributed by atoms with van der Waals surface area (Å²) in [7, 11) is 0. The van der Waals surface area contributed by atoms with Crippen molar-refractivity contribution in [3.05, 3.63) is 41.0 Å². The van der Waals surface area contributed by atoms with Gasteiger partial charge in [0, 0.05) is 0 Å². The minimum atomic E-state index is 0.125. The molecule has 0 saturated heterocycles. The molecule has 1 aliphatic carbocycles. The van der Waals surface area contributed by atoms with E-state index in [-0.39, 0.29) is 5.38 Å². The second-order valence-corrected chi connectivity index (χ2v) is 5.60. The lowest BCUT2D eigenvalue weighted by molar-refractivity contribution is 0.764. The van der Waals surface area contributed by atoms with Crippen LogP contribution >= 0.6 is 11.6 Å². The van der Waals surface area contributed by atoms with Gasteiger partial charge in [0.05, 0.1) is 5.38 Å². The van der Waals surface area contributed by atoms with Crippen LogP contribution in [0.1, 0.15) is 68.9 Å². The lowest BCUT2D eigenvalue weighted by atomic mass is 9.98. The molecule has 0 radical (unpaired) electrons. The third kappa shape index (κ3) is 2.64. The maximum absolute atomic E-state index is 6.66. The smallest absolute Gasteiger partial charge is 0.0807 e. The number of alkyl halides is 1. The van der Waals surface area contributed by atoms with Crippen LogP contribution in [0.4, 0.5) is 0 Å². The predicted octanol–water partition coefficient (Wildman–Crippen LogP) is 6.11. The number of allylic oxidation sites excluding steroid dienone is 2. The zero-order valence-corrected chi connectivity index (χ0v) is 12.3. The topological polar surface area (TPSA) is 0 Å². The van der Waals surface area contributed by atoms with Crippen LogP contribution in [0, 0.1) is 0 Å². The Morgan fingerprint density at radius 1 is 1.00 bits per heavy atom. The number of fused-ring (bicyclic) bond motifs is 1. The van der Waals surface area contributed by atoms with E-state index < -0.39 is 0 Å². The van der Waals surface area contributed by atoms with Crippen LogP contribution in [0.25, 0.3) is 5.57 Å². The molecular weight excluding hydrogens is 240 g/mol. The Hall–Kier alpha value is -0.750. The first-order valence-corrected chi connectivity index (χ1v) is 7.68. The van der Waals surface area contributed by atoms with Crippen LogP contribution in [0.5, 0.6) is 0 Å². The zero-order valence-electron chi connectivity index (χ0n) is 11.5. The molecule has 0 fully saturated rings. The fraction of sp³-hybridized carbons (Fsp3) is 0.529. The van der Waals surface area contributed by atoms with Gasteiger partial charge in [0.2, 0.25) is 0 Å². The molecule has 18 heavy (non-hydrogen) atoms. The van der Waals surface area contributed by atoms with E-state index in [2.05, 4.69) is 38.1 Å². The van der Waals surface area contributed by atoms with Crippen molar-refractivity contribution in [1.82, 2.24) is 0 Å². The first kappa shape index (κ1) is 13.7. The lowest BCUT2D eigenvalue weighted by Gasteiger charge is -2.10. The van der Waals surface area contributed by atoms with Crippen molar-refractivity contribution in [2.45, 2.75) is 57.7 Å². The normalized spacial score (nSPS) is 18.3. The van der Waals surface area contributed by atoms with Gasteiger partial charge in [-0.3, -0.25) is 0 Å². The monoisotopic (exact) mass is 262 g/mol. The fourth-order valence-corrected chi connectivity index (χ4v) is 3.23. The van der Waals surface area contributed by atoms with Crippen LogP contribution < -0.4 is 0 Å². The molecule has 0 saturated carbocycles. The van der Waals surface area contributed by atoms with Gasteiger partial charge in [-0.1, -0.05) is 51.0 Å². The molecule has 1 aliphatic rings. The molecule has 0 spiro atoms. The molecule has 1 unspecified atom stereocenters. The van der Waals surface area contributed by atoms with E-state index in [1.165, 1.54) is 55.2 Å². The molecule has 1 atom stereocenters. The first-order chi connectivity index (χ1) is 8.79. The summed E-state index contributed by atoms with van der Waals surface area (Å²) in [6, 6.07) is 8.68. The minimum absolute atomic E-state index is 0.125. The van der Waals surface area contributed by atoms with Gasteiger partial charge in [-0.25, -0.2) is 0 Å². The number of hydrogen-bond acceptors (Lipinski definition) is 0. The van der Waals surface area contributed by atoms with E-state index in [0.29, 0.717) is 0 Å². The summed E-state index contributed by atoms with van der Waals surface area (Å²) in [6.07, 6.45) is 7.36. The number of hydrogen-bond donors (Lipinski definition) is 0. The third-order valence-electron chi connectivity index (χ3n) is 3.83. The van der Waals surface area contributed by atoms with E-state index in [0.717, 1.165) is 0 Å². The van der Waals surface area contributed by atoms with Crippen LogP contribution in [0.3, 0.4) is 0 Å². The fourth-order valence-electron chi connectivity index (χ4n) is 2.80. The van der Waals surface area contributed by atoms with E-state index in [1.54, 1.807) is 5.57 Å². The molecule has 2 rings (SSSR count). The van der Waals surface area contributed by atoms with Crippen LogP contribution in [-0.4, -0.2) is 0 Å². The summed E-state index contributed by atoms with van der Waals surface area (Å²) in [4.78, 5) is 0. The molecule has 0 amide bonds. The second-order valence-electron chi connectivity index (χ2n) is 5.16. The molecular formula is C17H23Cl. The van der Waals surface area contributed by atoms with Crippen molar-refractivity contribution in [3.63, 3.8) is 0 Å². The highest BCUT2D eigenvalue weighted by molar-refractivity contribution is 6.24. The molecule has 1 aromatic carbocycles. The Kier molecular flexibility index (Phi) is 4.88. The van der Waals surface area contributed by atoms with Crippen molar-refractivity contribution >= 4 is 17.2 Å². The van der Waals surface area contributed by atoms with Gasteiger partial charge in [0.15, 0.2) is 0 Å².